The van der Waals surface area contributed by atoms with Crippen LogP contribution in [0.4, 0.5) is 4.79 Å². The second-order valence-corrected chi connectivity index (χ2v) is 4.20. The molecule has 0 aliphatic heterocycles. The highest BCUT2D eigenvalue weighted by Gasteiger charge is 2.11. The molecule has 0 aliphatic carbocycles. The van der Waals surface area contributed by atoms with E-state index < -0.39 is 9.34 Å². The predicted molar refractivity (Wildman–Crippen MR) is 38.4 cm³/mol. The summed E-state index contributed by atoms with van der Waals surface area (Å²) in [5.74, 6) is 0. The number of hydrogen-bond acceptors (Lipinski definition) is 1. The average molecular weight is 215 g/mol. The van der Waals surface area contributed by atoms with Gasteiger partial charge in [0, 0.05) is 0 Å². The summed E-state index contributed by atoms with van der Waals surface area (Å²) >= 11 is 19.3. The van der Waals surface area contributed by atoms with E-state index in [1.165, 1.54) is 0 Å². The first kappa shape index (κ1) is 12.1. The predicted octanol–water partition coefficient (Wildman–Crippen LogP) is 2.18. The first-order valence-corrected chi connectivity index (χ1v) is 2.98. The largest absolute Gasteiger partial charge is 0.465 e. The van der Waals surface area contributed by atoms with E-state index in [-0.39, 0.29) is 0 Å². The first-order chi connectivity index (χ1) is 3.73. The van der Waals surface area contributed by atoms with E-state index in [2.05, 4.69) is 5.73 Å². The molecule has 0 rings (SSSR count). The van der Waals surface area contributed by atoms with Gasteiger partial charge in [-0.05, 0) is 0 Å². The molecule has 0 aromatic carbocycles. The lowest BCUT2D eigenvalue weighted by atomic mass is 11.3. The minimum atomic E-state index is -1.61. The minimum Gasteiger partial charge on any atom is -0.465 e. The highest BCUT2D eigenvalue weighted by molar-refractivity contribution is 6.83. The molecule has 9 heavy (non-hydrogen) atoms. The molecule has 1 amide bonds. The number of rotatable bonds is 0. The third kappa shape index (κ3) is 1890. The Morgan fingerprint density at radius 2 is 1.33 bits per heavy atom. The van der Waals surface area contributed by atoms with E-state index in [1.807, 2.05) is 0 Å². The Morgan fingerprint density at radius 1 is 1.33 bits per heavy atom. The van der Waals surface area contributed by atoms with Crippen molar-refractivity contribution >= 4 is 52.5 Å². The van der Waals surface area contributed by atoms with E-state index >= 15 is 0 Å². The third-order valence-electron chi connectivity index (χ3n) is 0. The molecule has 0 aromatic rings. The number of carbonyl (C=O) groups is 1. The zero-order chi connectivity index (χ0) is 8.08. The van der Waals surface area contributed by atoms with Crippen molar-refractivity contribution in [2.24, 2.45) is 5.73 Å². The fourth-order valence-electron chi connectivity index (χ4n) is 0. The lowest BCUT2D eigenvalue weighted by Gasteiger charge is -1.91. The van der Waals surface area contributed by atoms with Crippen molar-refractivity contribution in [2.75, 3.05) is 0 Å². The van der Waals surface area contributed by atoms with Gasteiger partial charge in [-0.2, -0.15) is 0 Å². The van der Waals surface area contributed by atoms with Gasteiger partial charge >= 0.3 is 6.09 Å². The number of halogens is 4. The van der Waals surface area contributed by atoms with E-state index in [1.54, 1.807) is 0 Å². The minimum absolute atomic E-state index is 1.33. The number of primary amides is 1. The smallest absolute Gasteiger partial charge is 0.402 e. The molecule has 0 atom stereocenters. The monoisotopic (exact) mass is 213 g/mol. The van der Waals surface area contributed by atoms with Crippen molar-refractivity contribution in [3.05, 3.63) is 0 Å². The maximum absolute atomic E-state index is 8.78. The summed E-state index contributed by atoms with van der Waals surface area (Å²) in [6, 6.07) is 0. The number of hydrogen-bond donors (Lipinski definition) is 2. The average Bonchev–Trinajstić information content (AvgIpc) is 1.19. The second kappa shape index (κ2) is 5.23. The quantitative estimate of drug-likeness (QED) is 0.608. The topological polar surface area (TPSA) is 63.3 Å². The van der Waals surface area contributed by atoms with Gasteiger partial charge in [-0.25, -0.2) is 4.79 Å². The summed E-state index contributed by atoms with van der Waals surface area (Å²) in [6.07, 6.45) is -1.33. The van der Waals surface area contributed by atoms with Crippen molar-refractivity contribution in [1.82, 2.24) is 0 Å². The van der Waals surface area contributed by atoms with Crippen LogP contribution >= 0.6 is 46.4 Å². The molecule has 0 saturated carbocycles. The number of alkyl halides is 4. The molecule has 56 valence electrons. The van der Waals surface area contributed by atoms with Crippen LogP contribution < -0.4 is 5.73 Å². The summed E-state index contributed by atoms with van der Waals surface area (Å²) in [5, 5.41) is 7.19. The SMILES string of the molecule is ClC(Cl)(Cl)Cl.NC(=O)O. The molecule has 3 nitrogen and oxygen atoms in total. The zero-order valence-corrected chi connectivity index (χ0v) is 6.97. The van der Waals surface area contributed by atoms with Gasteiger partial charge in [0.05, 0.1) is 0 Å². The van der Waals surface area contributed by atoms with Crippen LogP contribution in [0.3, 0.4) is 0 Å². The van der Waals surface area contributed by atoms with Gasteiger partial charge < -0.3 is 10.8 Å². The van der Waals surface area contributed by atoms with Crippen molar-refractivity contribution in [3.8, 4) is 0 Å². The zero-order valence-electron chi connectivity index (χ0n) is 3.94. The van der Waals surface area contributed by atoms with Crippen LogP contribution in [0.1, 0.15) is 0 Å². The number of carboxylic acid groups (broad SMARTS) is 1. The summed E-state index contributed by atoms with van der Waals surface area (Å²) in [4.78, 5) is 8.78. The molecular formula is C2H3Cl4NO2. The van der Waals surface area contributed by atoms with Gasteiger partial charge in [0.25, 0.3) is 3.25 Å². The van der Waals surface area contributed by atoms with Gasteiger partial charge in [-0.15, -0.1) is 0 Å². The molecule has 0 bridgehead atoms. The summed E-state index contributed by atoms with van der Waals surface area (Å²) < 4.78 is -1.61. The van der Waals surface area contributed by atoms with E-state index in [0.29, 0.717) is 0 Å². The maximum Gasteiger partial charge on any atom is 0.402 e. The highest BCUT2D eigenvalue weighted by Crippen LogP contribution is 2.29. The van der Waals surface area contributed by atoms with Crippen molar-refractivity contribution in [3.63, 3.8) is 0 Å². The van der Waals surface area contributed by atoms with Crippen LogP contribution in [-0.2, 0) is 0 Å². The lowest BCUT2D eigenvalue weighted by Crippen LogP contribution is -2.03. The van der Waals surface area contributed by atoms with Gasteiger partial charge in [-0.3, -0.25) is 0 Å². The second-order valence-electron chi connectivity index (χ2n) is 0.767. The van der Waals surface area contributed by atoms with Crippen LogP contribution in [0.15, 0.2) is 0 Å². The van der Waals surface area contributed by atoms with E-state index in [4.69, 9.17) is 56.3 Å². The normalized spacial score (nSPS) is 9.33. The molecule has 0 aromatic heterocycles. The molecular weight excluding hydrogens is 212 g/mol. The highest BCUT2D eigenvalue weighted by atomic mass is 35.6. The summed E-state index contributed by atoms with van der Waals surface area (Å²) in [6.45, 7) is 0. The van der Waals surface area contributed by atoms with Crippen LogP contribution in [0.2, 0.25) is 0 Å². The lowest BCUT2D eigenvalue weighted by molar-refractivity contribution is 0.205. The molecule has 3 N–H and O–H groups in total. The molecule has 0 unspecified atom stereocenters. The van der Waals surface area contributed by atoms with Gasteiger partial charge in [0.1, 0.15) is 0 Å². The Morgan fingerprint density at radius 3 is 1.33 bits per heavy atom. The van der Waals surface area contributed by atoms with E-state index in [9.17, 15) is 0 Å². The summed E-state index contributed by atoms with van der Waals surface area (Å²) in [7, 11) is 0. The third-order valence-corrected chi connectivity index (χ3v) is 0. The molecule has 0 aliphatic rings. The Labute approximate surface area is 71.6 Å². The Kier molecular flexibility index (Phi) is 7.06. The Balaban J connectivity index is 0. The van der Waals surface area contributed by atoms with Crippen LogP contribution in [0.25, 0.3) is 0 Å². The molecule has 0 heterocycles. The van der Waals surface area contributed by atoms with Crippen LogP contribution in [0.5, 0.6) is 0 Å². The van der Waals surface area contributed by atoms with Gasteiger partial charge in [0.2, 0.25) is 0 Å². The van der Waals surface area contributed by atoms with Crippen molar-refractivity contribution < 1.29 is 9.90 Å². The Bertz CT molecular complexity index is 79.1. The maximum atomic E-state index is 8.78. The summed E-state index contributed by atoms with van der Waals surface area (Å²) in [5.41, 5.74) is 4.03. The van der Waals surface area contributed by atoms with Gasteiger partial charge in [0.15, 0.2) is 0 Å². The van der Waals surface area contributed by atoms with E-state index in [0.717, 1.165) is 0 Å². The number of nitrogens with two attached hydrogens (primary N) is 1. The van der Waals surface area contributed by atoms with Crippen LogP contribution in [-0.4, -0.2) is 14.5 Å². The standard InChI is InChI=1S/CCl4.CH3NO2/c2-1(3,4)5;2-1(3)4/h;2H2,(H,3,4). The fourth-order valence-corrected chi connectivity index (χ4v) is 0. The molecule has 7 heteroatoms. The molecule has 0 radical (unpaired) electrons. The van der Waals surface area contributed by atoms with Gasteiger partial charge in [-0.1, -0.05) is 46.4 Å². The van der Waals surface area contributed by atoms with Crippen molar-refractivity contribution in [2.45, 2.75) is 3.25 Å². The number of amides is 1. The fraction of sp³-hybridized carbons (Fsp3) is 0.500. The first-order valence-electron chi connectivity index (χ1n) is 1.47. The molecule has 0 saturated heterocycles. The van der Waals surface area contributed by atoms with Crippen LogP contribution in [0, 0.1) is 0 Å². The molecule has 0 spiro atoms. The van der Waals surface area contributed by atoms with Crippen molar-refractivity contribution in [1.29, 1.82) is 0 Å². The molecule has 0 fully saturated rings. The Hall–Kier alpha value is 0.430.